The number of amides is 1. The zero-order chi connectivity index (χ0) is 13.4. The molecule has 1 aromatic heterocycles. The molecule has 0 bridgehead atoms. The van der Waals surface area contributed by atoms with Gasteiger partial charge in [0.05, 0.1) is 12.0 Å². The number of imidazole rings is 1. The van der Waals surface area contributed by atoms with Crippen molar-refractivity contribution in [3.63, 3.8) is 0 Å². The van der Waals surface area contributed by atoms with Crippen LogP contribution in [0.5, 0.6) is 5.75 Å². The maximum absolute atomic E-state index is 11.2. The van der Waals surface area contributed by atoms with E-state index in [9.17, 15) is 9.59 Å². The third kappa shape index (κ3) is 1.90. The number of aromatic carboxylic acids is 1. The van der Waals surface area contributed by atoms with Gasteiger partial charge in [0, 0.05) is 5.56 Å². The first-order chi connectivity index (χ1) is 9.15. The number of benzene rings is 1. The highest BCUT2D eigenvalue weighted by Gasteiger charge is 2.19. The number of rotatable bonds is 2. The van der Waals surface area contributed by atoms with Crippen molar-refractivity contribution in [3.05, 3.63) is 30.2 Å². The molecule has 19 heavy (non-hydrogen) atoms. The van der Waals surface area contributed by atoms with E-state index >= 15 is 0 Å². The van der Waals surface area contributed by atoms with Crippen LogP contribution >= 0.6 is 0 Å². The van der Waals surface area contributed by atoms with E-state index in [2.05, 4.69) is 15.3 Å². The van der Waals surface area contributed by atoms with Crippen molar-refractivity contribution in [3.8, 4) is 17.0 Å². The minimum absolute atomic E-state index is 0.00278. The molecule has 7 heteroatoms. The van der Waals surface area contributed by atoms with Crippen molar-refractivity contribution in [2.45, 2.75) is 0 Å². The summed E-state index contributed by atoms with van der Waals surface area (Å²) in [4.78, 5) is 28.8. The molecular formula is C12H9N3O4. The molecule has 0 spiro atoms. The predicted molar refractivity (Wildman–Crippen MR) is 65.1 cm³/mol. The van der Waals surface area contributed by atoms with Crippen LogP contribution in [-0.2, 0) is 4.79 Å². The van der Waals surface area contributed by atoms with Gasteiger partial charge in [-0.15, -0.1) is 0 Å². The van der Waals surface area contributed by atoms with Crippen molar-refractivity contribution in [1.29, 1.82) is 0 Å². The van der Waals surface area contributed by atoms with E-state index in [1.165, 1.54) is 6.33 Å². The van der Waals surface area contributed by atoms with Gasteiger partial charge in [-0.2, -0.15) is 0 Å². The van der Waals surface area contributed by atoms with Crippen LogP contribution in [0.15, 0.2) is 24.5 Å². The lowest BCUT2D eigenvalue weighted by atomic mass is 10.1. The van der Waals surface area contributed by atoms with Gasteiger partial charge in [0.2, 0.25) is 0 Å². The van der Waals surface area contributed by atoms with Gasteiger partial charge in [-0.1, -0.05) is 0 Å². The zero-order valence-corrected chi connectivity index (χ0v) is 9.64. The summed E-state index contributed by atoms with van der Waals surface area (Å²) in [5, 5.41) is 11.7. The number of hydrogen-bond donors (Lipinski definition) is 3. The first-order valence-corrected chi connectivity index (χ1v) is 5.49. The van der Waals surface area contributed by atoms with E-state index < -0.39 is 5.97 Å². The number of fused-ring (bicyclic) bond motifs is 1. The Kier molecular flexibility index (Phi) is 2.45. The Hall–Kier alpha value is -2.83. The van der Waals surface area contributed by atoms with Crippen molar-refractivity contribution in [2.24, 2.45) is 0 Å². The summed E-state index contributed by atoms with van der Waals surface area (Å²) in [5.41, 5.74) is 1.41. The molecule has 0 saturated heterocycles. The lowest BCUT2D eigenvalue weighted by molar-refractivity contribution is -0.118. The molecule has 0 aliphatic carbocycles. The standard InChI is InChI=1S/C12H9N3O4/c16-9-4-19-8-2-1-6(3-7(8)15-9)10-11(12(17)18)14-5-13-10/h1-3,5H,4H2,(H,13,14)(H,15,16)(H,17,18). The highest BCUT2D eigenvalue weighted by molar-refractivity contribution is 5.97. The lowest BCUT2D eigenvalue weighted by Gasteiger charge is -2.18. The van der Waals surface area contributed by atoms with Crippen LogP contribution in [0.2, 0.25) is 0 Å². The van der Waals surface area contributed by atoms with Gasteiger partial charge in [-0.3, -0.25) is 4.79 Å². The fraction of sp³-hybridized carbons (Fsp3) is 0.0833. The van der Waals surface area contributed by atoms with Crippen molar-refractivity contribution in [1.82, 2.24) is 9.97 Å². The van der Waals surface area contributed by atoms with E-state index in [1.807, 2.05) is 0 Å². The van der Waals surface area contributed by atoms with Crippen LogP contribution in [-0.4, -0.2) is 33.6 Å². The number of carbonyl (C=O) groups excluding carboxylic acids is 1. The molecule has 1 aromatic carbocycles. The first-order valence-electron chi connectivity index (χ1n) is 5.49. The highest BCUT2D eigenvalue weighted by atomic mass is 16.5. The van der Waals surface area contributed by atoms with Crippen LogP contribution in [0.4, 0.5) is 5.69 Å². The van der Waals surface area contributed by atoms with E-state index in [4.69, 9.17) is 9.84 Å². The monoisotopic (exact) mass is 259 g/mol. The van der Waals surface area contributed by atoms with Gasteiger partial charge < -0.3 is 20.1 Å². The number of ether oxygens (including phenoxy) is 1. The average Bonchev–Trinajstić information content (AvgIpc) is 2.87. The van der Waals surface area contributed by atoms with Crippen LogP contribution in [0, 0.1) is 0 Å². The number of hydrogen-bond acceptors (Lipinski definition) is 4. The number of nitrogens with one attached hydrogen (secondary N) is 2. The number of anilines is 1. The molecule has 7 nitrogen and oxygen atoms in total. The van der Waals surface area contributed by atoms with E-state index in [-0.39, 0.29) is 18.2 Å². The number of H-pyrrole nitrogens is 1. The Bertz CT molecular complexity index is 677. The third-order valence-electron chi connectivity index (χ3n) is 2.74. The Morgan fingerprint density at radius 1 is 1.42 bits per heavy atom. The summed E-state index contributed by atoms with van der Waals surface area (Å²) >= 11 is 0. The molecule has 1 aliphatic heterocycles. The maximum Gasteiger partial charge on any atom is 0.354 e. The molecule has 2 heterocycles. The minimum Gasteiger partial charge on any atom is -0.482 e. The summed E-state index contributed by atoms with van der Waals surface area (Å²) in [6.45, 7) is -0.0187. The Labute approximate surface area is 107 Å². The van der Waals surface area contributed by atoms with Gasteiger partial charge in [0.1, 0.15) is 11.4 Å². The smallest absolute Gasteiger partial charge is 0.354 e. The fourth-order valence-corrected chi connectivity index (χ4v) is 1.91. The SMILES string of the molecule is O=C1COc2ccc(-c3nc[nH]c3C(=O)O)cc2N1. The largest absolute Gasteiger partial charge is 0.482 e. The quantitative estimate of drug-likeness (QED) is 0.749. The number of carbonyl (C=O) groups is 2. The summed E-state index contributed by atoms with van der Waals surface area (Å²) in [6.07, 6.45) is 1.31. The van der Waals surface area contributed by atoms with Crippen LogP contribution in [0.1, 0.15) is 10.5 Å². The fourth-order valence-electron chi connectivity index (χ4n) is 1.91. The number of aromatic nitrogens is 2. The Balaban J connectivity index is 2.07. The minimum atomic E-state index is -1.09. The van der Waals surface area contributed by atoms with Gasteiger partial charge >= 0.3 is 5.97 Å². The Morgan fingerprint density at radius 2 is 2.26 bits per heavy atom. The van der Waals surface area contributed by atoms with Gasteiger partial charge in [-0.05, 0) is 18.2 Å². The predicted octanol–water partition coefficient (Wildman–Crippen LogP) is 1.11. The summed E-state index contributed by atoms with van der Waals surface area (Å²) < 4.78 is 5.23. The molecule has 2 aromatic rings. The molecule has 3 rings (SSSR count). The molecule has 0 fully saturated rings. The molecule has 0 atom stereocenters. The molecular weight excluding hydrogens is 250 g/mol. The highest BCUT2D eigenvalue weighted by Crippen LogP contribution is 2.32. The number of carboxylic acid groups (broad SMARTS) is 1. The van der Waals surface area contributed by atoms with E-state index in [0.717, 1.165) is 0 Å². The normalized spacial score (nSPS) is 13.4. The van der Waals surface area contributed by atoms with Crippen molar-refractivity contribution >= 4 is 17.6 Å². The second kappa shape index (κ2) is 4.13. The summed E-state index contributed by atoms with van der Waals surface area (Å²) in [5.74, 6) is -0.786. The first kappa shape index (κ1) is 11.3. The molecule has 0 unspecified atom stereocenters. The van der Waals surface area contributed by atoms with Gasteiger partial charge in [0.25, 0.3) is 5.91 Å². The molecule has 1 amide bonds. The third-order valence-corrected chi connectivity index (χ3v) is 2.74. The molecule has 0 saturated carbocycles. The van der Waals surface area contributed by atoms with Gasteiger partial charge in [-0.25, -0.2) is 9.78 Å². The molecule has 0 radical (unpaired) electrons. The van der Waals surface area contributed by atoms with E-state index in [0.29, 0.717) is 22.7 Å². The number of aromatic amines is 1. The molecule has 3 N–H and O–H groups in total. The summed E-state index contributed by atoms with van der Waals surface area (Å²) in [7, 11) is 0. The topological polar surface area (TPSA) is 104 Å². The Morgan fingerprint density at radius 3 is 3.05 bits per heavy atom. The van der Waals surface area contributed by atoms with Crippen LogP contribution in [0.3, 0.4) is 0 Å². The second-order valence-corrected chi connectivity index (χ2v) is 3.98. The molecule has 1 aliphatic rings. The van der Waals surface area contributed by atoms with E-state index in [1.54, 1.807) is 18.2 Å². The summed E-state index contributed by atoms with van der Waals surface area (Å²) in [6, 6.07) is 5.00. The van der Waals surface area contributed by atoms with Crippen molar-refractivity contribution in [2.75, 3.05) is 11.9 Å². The van der Waals surface area contributed by atoms with Crippen LogP contribution < -0.4 is 10.1 Å². The number of carboxylic acids is 1. The second-order valence-electron chi connectivity index (χ2n) is 3.98. The lowest BCUT2D eigenvalue weighted by Crippen LogP contribution is -2.25. The zero-order valence-electron chi connectivity index (χ0n) is 9.64. The molecule has 96 valence electrons. The maximum atomic E-state index is 11.2. The average molecular weight is 259 g/mol. The van der Waals surface area contributed by atoms with Crippen molar-refractivity contribution < 1.29 is 19.4 Å². The van der Waals surface area contributed by atoms with Gasteiger partial charge in [0.15, 0.2) is 12.3 Å². The number of nitrogens with zero attached hydrogens (tertiary/aromatic N) is 1. The van der Waals surface area contributed by atoms with Crippen LogP contribution in [0.25, 0.3) is 11.3 Å².